The Morgan fingerprint density at radius 2 is 1.78 bits per heavy atom. The number of primary amides is 1. The van der Waals surface area contributed by atoms with E-state index in [1.54, 1.807) is 0 Å². The molecular weight excluding hydrogens is 426 g/mol. The van der Waals surface area contributed by atoms with Crippen LogP contribution in [-0.2, 0) is 11.2 Å². The van der Waals surface area contributed by atoms with E-state index in [0.29, 0.717) is 18.2 Å². The molecule has 0 aliphatic rings. The zero-order chi connectivity index (χ0) is 23.1. The number of imide groups is 1. The molecule has 3 aromatic rings. The zero-order valence-corrected chi connectivity index (χ0v) is 19.1. The van der Waals surface area contributed by atoms with Crippen LogP contribution in [0.4, 0.5) is 4.79 Å². The predicted molar refractivity (Wildman–Crippen MR) is 124 cm³/mol. The van der Waals surface area contributed by atoms with E-state index in [-0.39, 0.29) is 5.92 Å². The molecule has 1 aromatic heterocycles. The summed E-state index contributed by atoms with van der Waals surface area (Å²) in [6, 6.07) is 16.7. The summed E-state index contributed by atoms with van der Waals surface area (Å²) >= 11 is 1.25. The monoisotopic (exact) mass is 453 g/mol. The molecule has 168 valence electrons. The van der Waals surface area contributed by atoms with Crippen LogP contribution in [0, 0.1) is 5.92 Å². The number of amides is 3. The van der Waals surface area contributed by atoms with Gasteiger partial charge in [0.25, 0.3) is 0 Å². The minimum atomic E-state index is -0.876. The molecule has 8 nitrogen and oxygen atoms in total. The van der Waals surface area contributed by atoms with Gasteiger partial charge in [-0.2, -0.15) is 0 Å². The van der Waals surface area contributed by atoms with Crippen molar-refractivity contribution in [2.45, 2.75) is 37.6 Å². The van der Waals surface area contributed by atoms with E-state index in [2.05, 4.69) is 15.5 Å². The summed E-state index contributed by atoms with van der Waals surface area (Å²) in [5.41, 5.74) is 7.09. The van der Waals surface area contributed by atoms with Crippen LogP contribution in [-0.4, -0.2) is 38.6 Å². The van der Waals surface area contributed by atoms with Gasteiger partial charge in [-0.15, -0.1) is 10.2 Å². The number of carbonyl (C=O) groups is 2. The van der Waals surface area contributed by atoms with Crippen molar-refractivity contribution in [1.82, 2.24) is 20.1 Å². The molecule has 3 rings (SSSR count). The highest BCUT2D eigenvalue weighted by Gasteiger charge is 2.28. The number of hydrogen-bond acceptors (Lipinski definition) is 6. The Morgan fingerprint density at radius 3 is 2.38 bits per heavy atom. The van der Waals surface area contributed by atoms with Crippen LogP contribution in [0.25, 0.3) is 5.69 Å². The highest BCUT2D eigenvalue weighted by molar-refractivity contribution is 8.00. The smallest absolute Gasteiger partial charge is 0.318 e. The van der Waals surface area contributed by atoms with Gasteiger partial charge in [0, 0.05) is 12.1 Å². The number of nitrogens with zero attached hydrogens (tertiary/aromatic N) is 3. The molecular formula is C23H27N5O3S. The van der Waals surface area contributed by atoms with Crippen LogP contribution in [0.2, 0.25) is 0 Å². The van der Waals surface area contributed by atoms with Gasteiger partial charge in [-0.05, 0) is 42.7 Å². The Morgan fingerprint density at radius 1 is 1.09 bits per heavy atom. The van der Waals surface area contributed by atoms with Gasteiger partial charge >= 0.3 is 6.03 Å². The maximum atomic E-state index is 12.6. The molecule has 0 saturated carbocycles. The molecule has 3 N–H and O–H groups in total. The molecule has 2 aromatic carbocycles. The Kier molecular flexibility index (Phi) is 7.88. The number of ether oxygens (including phenoxy) is 1. The van der Waals surface area contributed by atoms with Crippen LogP contribution in [0.5, 0.6) is 5.75 Å². The van der Waals surface area contributed by atoms with E-state index in [1.165, 1.54) is 11.8 Å². The third-order valence-corrected chi connectivity index (χ3v) is 6.14. The normalized spacial score (nSPS) is 11.9. The quantitative estimate of drug-likeness (QED) is 0.479. The molecule has 3 amide bonds. The maximum Gasteiger partial charge on any atom is 0.318 e. The SMILES string of the molecule is CCOc1ccc(-n2c(Cc3ccccc3)nnc2SC(C(=O)NC(N)=O)C(C)C)cc1. The van der Waals surface area contributed by atoms with Crippen LogP contribution in [0.3, 0.4) is 0 Å². The van der Waals surface area contributed by atoms with Crippen LogP contribution in [0.1, 0.15) is 32.2 Å². The second kappa shape index (κ2) is 10.8. The lowest BCUT2D eigenvalue weighted by Crippen LogP contribution is -2.42. The van der Waals surface area contributed by atoms with E-state index in [1.807, 2.05) is 79.9 Å². The first-order valence-corrected chi connectivity index (χ1v) is 11.3. The lowest BCUT2D eigenvalue weighted by atomic mass is 10.1. The second-order valence-electron chi connectivity index (χ2n) is 7.46. The topological polar surface area (TPSA) is 112 Å². The summed E-state index contributed by atoms with van der Waals surface area (Å²) in [6.45, 7) is 6.32. The van der Waals surface area contributed by atoms with Crippen molar-refractivity contribution >= 4 is 23.7 Å². The summed E-state index contributed by atoms with van der Waals surface area (Å²) in [5.74, 6) is 0.982. The van der Waals surface area contributed by atoms with Crippen molar-refractivity contribution in [3.05, 3.63) is 66.0 Å². The average molecular weight is 454 g/mol. The fraction of sp³-hybridized carbons (Fsp3) is 0.304. The van der Waals surface area contributed by atoms with Gasteiger partial charge in [-0.3, -0.25) is 14.7 Å². The summed E-state index contributed by atoms with van der Waals surface area (Å²) in [5, 5.41) is 11.0. The van der Waals surface area contributed by atoms with Crippen molar-refractivity contribution in [2.24, 2.45) is 11.7 Å². The number of benzene rings is 2. The summed E-state index contributed by atoms with van der Waals surface area (Å²) in [7, 11) is 0. The molecule has 0 aliphatic heterocycles. The van der Waals surface area contributed by atoms with Crippen molar-refractivity contribution in [2.75, 3.05) is 6.61 Å². The Hall–Kier alpha value is -3.33. The number of thioether (sulfide) groups is 1. The second-order valence-corrected chi connectivity index (χ2v) is 8.57. The van der Waals surface area contributed by atoms with Crippen molar-refractivity contribution < 1.29 is 14.3 Å². The average Bonchev–Trinajstić information content (AvgIpc) is 3.15. The number of nitrogens with one attached hydrogen (secondary N) is 1. The number of aromatic nitrogens is 3. The molecule has 0 saturated heterocycles. The van der Waals surface area contributed by atoms with E-state index < -0.39 is 17.2 Å². The van der Waals surface area contributed by atoms with E-state index >= 15 is 0 Å². The van der Waals surface area contributed by atoms with E-state index in [9.17, 15) is 9.59 Å². The first kappa shape index (κ1) is 23.3. The highest BCUT2D eigenvalue weighted by atomic mass is 32.2. The lowest BCUT2D eigenvalue weighted by molar-refractivity contribution is -0.120. The fourth-order valence-electron chi connectivity index (χ4n) is 3.19. The van der Waals surface area contributed by atoms with Gasteiger partial charge in [-0.25, -0.2) is 4.79 Å². The van der Waals surface area contributed by atoms with Gasteiger partial charge in [0.2, 0.25) is 5.91 Å². The van der Waals surface area contributed by atoms with Gasteiger partial charge in [0.1, 0.15) is 11.6 Å². The largest absolute Gasteiger partial charge is 0.494 e. The van der Waals surface area contributed by atoms with E-state index in [0.717, 1.165) is 22.8 Å². The highest BCUT2D eigenvalue weighted by Crippen LogP contribution is 2.31. The Balaban J connectivity index is 1.99. The van der Waals surface area contributed by atoms with Crippen LogP contribution < -0.4 is 15.8 Å². The number of urea groups is 1. The maximum absolute atomic E-state index is 12.6. The first-order chi connectivity index (χ1) is 15.4. The Labute approximate surface area is 191 Å². The number of rotatable bonds is 9. The van der Waals surface area contributed by atoms with Gasteiger partial charge < -0.3 is 10.5 Å². The van der Waals surface area contributed by atoms with Crippen LogP contribution >= 0.6 is 11.8 Å². The standard InChI is InChI=1S/C23H27N5O3S/c1-4-31-18-12-10-17(11-13-18)28-19(14-16-8-6-5-7-9-16)26-27-23(28)32-20(15(2)3)21(29)25-22(24)30/h5-13,15,20H,4,14H2,1-3H3,(H3,24,25,29,30). The minimum Gasteiger partial charge on any atom is -0.494 e. The third kappa shape index (κ3) is 5.88. The molecule has 0 fully saturated rings. The molecule has 9 heteroatoms. The van der Waals surface area contributed by atoms with Crippen molar-refractivity contribution in [1.29, 1.82) is 0 Å². The molecule has 0 spiro atoms. The molecule has 0 bridgehead atoms. The molecule has 0 aliphatic carbocycles. The lowest BCUT2D eigenvalue weighted by Gasteiger charge is -2.19. The molecule has 1 atom stereocenters. The van der Waals surface area contributed by atoms with Gasteiger partial charge in [0.15, 0.2) is 5.16 Å². The minimum absolute atomic E-state index is 0.0672. The molecule has 1 heterocycles. The van der Waals surface area contributed by atoms with Crippen molar-refractivity contribution in [3.8, 4) is 11.4 Å². The summed E-state index contributed by atoms with van der Waals surface area (Å²) in [6.07, 6.45) is 0.571. The van der Waals surface area contributed by atoms with Gasteiger partial charge in [-0.1, -0.05) is 55.9 Å². The molecule has 1 unspecified atom stereocenters. The number of nitrogens with two attached hydrogens (primary N) is 1. The van der Waals surface area contributed by atoms with E-state index in [4.69, 9.17) is 10.5 Å². The fourth-order valence-corrected chi connectivity index (χ4v) is 4.25. The van der Waals surface area contributed by atoms with Gasteiger partial charge in [0.05, 0.1) is 11.9 Å². The summed E-state index contributed by atoms with van der Waals surface area (Å²) < 4.78 is 7.49. The van der Waals surface area contributed by atoms with Crippen molar-refractivity contribution in [3.63, 3.8) is 0 Å². The Bertz CT molecular complexity index is 1050. The number of hydrogen-bond donors (Lipinski definition) is 2. The molecule has 0 radical (unpaired) electrons. The number of carbonyl (C=O) groups excluding carboxylic acids is 2. The summed E-state index contributed by atoms with van der Waals surface area (Å²) in [4.78, 5) is 23.8. The zero-order valence-electron chi connectivity index (χ0n) is 18.3. The first-order valence-electron chi connectivity index (χ1n) is 10.4. The predicted octanol–water partition coefficient (Wildman–Crippen LogP) is 3.57. The molecule has 32 heavy (non-hydrogen) atoms. The third-order valence-electron chi connectivity index (χ3n) is 4.65. The van der Waals surface area contributed by atoms with Crippen LogP contribution in [0.15, 0.2) is 59.8 Å².